The molecule has 6 aromatic heterocycles. The molecule has 0 aliphatic heterocycles. The van der Waals surface area contributed by atoms with Gasteiger partial charge in [-0.05, 0) is 101 Å². The smallest absolute Gasteiger partial charge is 0.288 e. The fourth-order valence-electron chi connectivity index (χ4n) is 9.53. The summed E-state index contributed by atoms with van der Waals surface area (Å²) in [7, 11) is 0. The highest BCUT2D eigenvalue weighted by molar-refractivity contribution is 9.10. The van der Waals surface area contributed by atoms with Gasteiger partial charge in [-0.2, -0.15) is 28.5 Å². The highest BCUT2D eigenvalue weighted by atomic mass is 79.9. The zero-order valence-corrected chi connectivity index (χ0v) is 46.3. The first kappa shape index (κ1) is 53.4. The average molecular weight is 1140 g/mol. The summed E-state index contributed by atoms with van der Waals surface area (Å²) in [5.74, 6) is 4.39. The topological polar surface area (TPSA) is 217 Å². The number of halogens is 1. The number of fused-ring (bicyclic) bond motifs is 4. The number of aromatic nitrogens is 12. The lowest BCUT2D eigenvalue weighted by atomic mass is 10.1. The number of aryl methyl sites for hydroxylation is 3. The minimum absolute atomic E-state index is 0.0560. The van der Waals surface area contributed by atoms with Gasteiger partial charge in [-0.25, -0.2) is 15.0 Å². The van der Waals surface area contributed by atoms with Crippen LogP contribution in [0.3, 0.4) is 0 Å². The molecule has 1 atom stereocenters. The number of nitrogens with zero attached hydrogens (tertiary/aromatic N) is 9. The highest BCUT2D eigenvalue weighted by Gasteiger charge is 2.23. The van der Waals surface area contributed by atoms with Gasteiger partial charge in [0.25, 0.3) is 34.0 Å². The Hall–Kier alpha value is -9.59. The van der Waals surface area contributed by atoms with E-state index in [-0.39, 0.29) is 42.6 Å². The molecule has 0 saturated carbocycles. The molecule has 0 fully saturated rings. The zero-order valence-electron chi connectivity index (χ0n) is 44.8. The van der Waals surface area contributed by atoms with Crippen LogP contribution in [0.2, 0.25) is 0 Å². The standard InChI is InChI=1S/C21H18N4O2.C21H20N4O2.C20H17BrN4O2/c26-19-12-16(13-27-18-11-10-14-6-4-5-9-17(14)18)22-21-23-20(24-25(19)21)15-7-2-1-3-8-15;1-3-17-14(2)8-7-11-18(17)27-13-16-12-19(26)25-21(22-16)23-20(24-25)15-9-5-4-6-10-15;1-12-7-6-10-16(13(12)2)27-11-15-17(21)19(26)25-20(22-15)23-18(24-25)14-8-4-3-5-9-14/h1-9,12,18H,10-11,13H2,(H,22,23,24);4-12H,3,13H2,1-2H3,(H,22,23,24);3-10H,11H2,1-2H3,(H,22,23,24). The number of aromatic amines is 3. The van der Waals surface area contributed by atoms with Gasteiger partial charge in [0.05, 0.1) is 24.1 Å². The molecule has 0 radical (unpaired) electrons. The molecule has 81 heavy (non-hydrogen) atoms. The van der Waals surface area contributed by atoms with Crippen molar-refractivity contribution < 1.29 is 14.2 Å². The van der Waals surface area contributed by atoms with Crippen molar-refractivity contribution in [2.24, 2.45) is 0 Å². The summed E-state index contributed by atoms with van der Waals surface area (Å²) < 4.78 is 22.3. The lowest BCUT2D eigenvalue weighted by Gasteiger charge is -2.12. The Morgan fingerprint density at radius 1 is 0.531 bits per heavy atom. The second-order valence-corrected chi connectivity index (χ2v) is 20.1. The van der Waals surface area contributed by atoms with Crippen LogP contribution in [0.15, 0.2) is 183 Å². The number of hydrogen-bond donors (Lipinski definition) is 3. The van der Waals surface area contributed by atoms with E-state index in [1.165, 1.54) is 47.9 Å². The van der Waals surface area contributed by atoms with Crippen LogP contribution in [0.25, 0.3) is 51.5 Å². The Bertz CT molecular complexity index is 4380. The lowest BCUT2D eigenvalue weighted by molar-refractivity contribution is 0.0391. The molecule has 6 aromatic carbocycles. The Morgan fingerprint density at radius 2 is 1.02 bits per heavy atom. The summed E-state index contributed by atoms with van der Waals surface area (Å²) in [5, 5.41) is 9.00. The van der Waals surface area contributed by atoms with Gasteiger partial charge in [-0.15, -0.1) is 0 Å². The molecule has 406 valence electrons. The summed E-state index contributed by atoms with van der Waals surface area (Å²) >= 11 is 3.35. The first-order valence-electron chi connectivity index (χ1n) is 26.4. The van der Waals surface area contributed by atoms with E-state index in [1.54, 1.807) is 0 Å². The van der Waals surface area contributed by atoms with Crippen LogP contribution in [0.1, 0.15) is 69.9 Å². The summed E-state index contributed by atoms with van der Waals surface area (Å²) in [5.41, 5.74) is 10.8. The van der Waals surface area contributed by atoms with Crippen molar-refractivity contribution in [1.82, 2.24) is 58.7 Å². The van der Waals surface area contributed by atoms with E-state index in [4.69, 9.17) is 14.2 Å². The van der Waals surface area contributed by atoms with Crippen molar-refractivity contribution in [3.63, 3.8) is 0 Å². The van der Waals surface area contributed by atoms with Crippen LogP contribution in [-0.4, -0.2) is 58.7 Å². The van der Waals surface area contributed by atoms with E-state index in [1.807, 2.05) is 141 Å². The monoisotopic (exact) mass is 1140 g/mol. The van der Waals surface area contributed by atoms with Crippen LogP contribution < -0.4 is 26.2 Å². The largest absolute Gasteiger partial charge is 0.487 e. The molecule has 1 aliphatic rings. The Labute approximate surface area is 472 Å². The molecule has 0 spiro atoms. The maximum Gasteiger partial charge on any atom is 0.288 e. The molecular formula is C62H55BrN12O6. The van der Waals surface area contributed by atoms with Crippen molar-refractivity contribution >= 4 is 33.3 Å². The van der Waals surface area contributed by atoms with Crippen LogP contribution in [0.5, 0.6) is 11.5 Å². The third kappa shape index (κ3) is 11.8. The number of nitrogens with one attached hydrogen (secondary N) is 3. The normalized spacial score (nSPS) is 12.7. The molecule has 1 unspecified atom stereocenters. The van der Waals surface area contributed by atoms with Gasteiger partial charge in [0.2, 0.25) is 0 Å². The minimum Gasteiger partial charge on any atom is -0.487 e. The average Bonchev–Trinajstić information content (AvgIpc) is 4.54. The summed E-state index contributed by atoms with van der Waals surface area (Å²) in [6, 6.07) is 52.1. The minimum atomic E-state index is -0.255. The molecule has 0 bridgehead atoms. The van der Waals surface area contributed by atoms with E-state index in [9.17, 15) is 14.4 Å². The molecule has 13 rings (SSSR count). The maximum absolute atomic E-state index is 12.7. The van der Waals surface area contributed by atoms with Gasteiger partial charge in [0.1, 0.15) is 34.9 Å². The first-order chi connectivity index (χ1) is 39.5. The predicted molar refractivity (Wildman–Crippen MR) is 312 cm³/mol. The van der Waals surface area contributed by atoms with Crippen molar-refractivity contribution in [3.05, 3.63) is 250 Å². The Balaban J connectivity index is 0.000000128. The van der Waals surface area contributed by atoms with E-state index in [0.29, 0.717) is 56.4 Å². The van der Waals surface area contributed by atoms with Crippen molar-refractivity contribution in [2.45, 2.75) is 72.9 Å². The number of benzene rings is 6. The van der Waals surface area contributed by atoms with Gasteiger partial charge in [-0.1, -0.05) is 146 Å². The molecule has 6 heterocycles. The molecular weight excluding hydrogens is 1090 g/mol. The Morgan fingerprint density at radius 3 is 1.60 bits per heavy atom. The number of hydrogen-bond acceptors (Lipinski definition) is 12. The highest BCUT2D eigenvalue weighted by Crippen LogP contribution is 2.34. The van der Waals surface area contributed by atoms with E-state index >= 15 is 0 Å². The molecule has 0 saturated heterocycles. The van der Waals surface area contributed by atoms with Gasteiger partial charge < -0.3 is 14.2 Å². The van der Waals surface area contributed by atoms with Crippen molar-refractivity contribution in [2.75, 3.05) is 0 Å². The number of rotatable bonds is 13. The predicted octanol–water partition coefficient (Wildman–Crippen LogP) is 10.9. The molecule has 12 aromatic rings. The van der Waals surface area contributed by atoms with Gasteiger partial charge >= 0.3 is 0 Å². The Kier molecular flexibility index (Phi) is 15.7. The fourth-order valence-corrected chi connectivity index (χ4v) is 9.91. The van der Waals surface area contributed by atoms with Crippen LogP contribution in [0, 0.1) is 20.8 Å². The molecule has 18 nitrogen and oxygen atoms in total. The van der Waals surface area contributed by atoms with Crippen molar-refractivity contribution in [1.29, 1.82) is 0 Å². The SMILES string of the molecule is CCc1c(C)cccc1OCc1cc(=O)n2[nH]c(-c3ccccc3)nc2n1.Cc1cccc(OCc2nc3nc(-c4ccccc4)[nH]n3c(=O)c2Br)c1C.O=c1cc(COC2CCc3ccccc32)nc2nc(-c3ccccc3)[nH]n12. The third-order valence-corrected chi connectivity index (χ3v) is 14.7. The van der Waals surface area contributed by atoms with E-state index in [2.05, 4.69) is 99.2 Å². The summed E-state index contributed by atoms with van der Waals surface area (Å²) in [6.07, 6.45) is 2.92. The van der Waals surface area contributed by atoms with Gasteiger partial charge in [0.15, 0.2) is 17.5 Å². The number of ether oxygens (including phenoxy) is 3. The maximum atomic E-state index is 12.7. The number of H-pyrrole nitrogens is 3. The quantitative estimate of drug-likeness (QED) is 0.0983. The molecule has 1 aliphatic carbocycles. The molecule has 19 heteroatoms. The fraction of sp³-hybridized carbons (Fsp3) is 0.177. The van der Waals surface area contributed by atoms with Crippen LogP contribution >= 0.6 is 15.9 Å². The van der Waals surface area contributed by atoms with E-state index < -0.39 is 0 Å². The second-order valence-electron chi connectivity index (χ2n) is 19.3. The van der Waals surface area contributed by atoms with Crippen molar-refractivity contribution in [3.8, 4) is 45.7 Å². The third-order valence-electron chi connectivity index (χ3n) is 13.9. The molecule has 0 amide bonds. The van der Waals surface area contributed by atoms with Gasteiger partial charge in [-0.3, -0.25) is 29.7 Å². The summed E-state index contributed by atoms with van der Waals surface area (Å²) in [6.45, 7) is 8.88. The second kappa shape index (κ2) is 23.8. The lowest BCUT2D eigenvalue weighted by Crippen LogP contribution is -2.19. The molecule has 3 N–H and O–H groups in total. The van der Waals surface area contributed by atoms with Gasteiger partial charge in [0, 0.05) is 28.8 Å². The van der Waals surface area contributed by atoms with Crippen LogP contribution in [-0.2, 0) is 37.4 Å². The first-order valence-corrected chi connectivity index (χ1v) is 27.2. The van der Waals surface area contributed by atoms with Crippen LogP contribution in [0.4, 0.5) is 0 Å². The summed E-state index contributed by atoms with van der Waals surface area (Å²) in [4.78, 5) is 64.4. The zero-order chi connectivity index (χ0) is 56.0. The van der Waals surface area contributed by atoms with E-state index in [0.717, 1.165) is 58.6 Å².